The van der Waals surface area contributed by atoms with Crippen molar-refractivity contribution in [3.05, 3.63) is 12.2 Å². The molecule has 1 aliphatic carbocycles. The Balaban J connectivity index is 2.29. The van der Waals surface area contributed by atoms with Crippen molar-refractivity contribution >= 4 is 5.78 Å². The summed E-state index contributed by atoms with van der Waals surface area (Å²) >= 11 is 0. The highest BCUT2D eigenvalue weighted by Gasteiger charge is 2.23. The Hall–Kier alpha value is -0.590. The maximum absolute atomic E-state index is 11.2. The smallest absolute Gasteiger partial charge is 0.132 e. The molecule has 0 aromatic rings. The second-order valence-corrected chi connectivity index (χ2v) is 4.64. The van der Waals surface area contributed by atoms with Gasteiger partial charge in [0.15, 0.2) is 0 Å². The van der Waals surface area contributed by atoms with Crippen LogP contribution in [0.2, 0.25) is 0 Å². The van der Waals surface area contributed by atoms with E-state index in [4.69, 9.17) is 0 Å². The van der Waals surface area contributed by atoms with Crippen LogP contribution in [0.25, 0.3) is 0 Å². The number of Topliss-reactive ketones (excluding diaryl/α,β-unsaturated/α-hetero) is 1. The number of allylic oxidation sites excluding steroid dienone is 1. The van der Waals surface area contributed by atoms with Crippen molar-refractivity contribution < 1.29 is 4.79 Å². The number of hydrogen-bond donors (Lipinski definition) is 0. The van der Waals surface area contributed by atoms with Crippen LogP contribution in [0.4, 0.5) is 0 Å². The second-order valence-electron chi connectivity index (χ2n) is 4.64. The first-order valence-corrected chi connectivity index (χ1v) is 5.80. The zero-order valence-corrected chi connectivity index (χ0v) is 9.51. The third-order valence-corrected chi connectivity index (χ3v) is 3.50. The van der Waals surface area contributed by atoms with E-state index in [1.54, 1.807) is 6.92 Å². The largest absolute Gasteiger partial charge is 0.300 e. The highest BCUT2D eigenvalue weighted by Crippen LogP contribution is 2.33. The van der Waals surface area contributed by atoms with Crippen molar-refractivity contribution in [1.29, 1.82) is 0 Å². The quantitative estimate of drug-likeness (QED) is 0.623. The molecule has 0 aromatic heterocycles. The fourth-order valence-corrected chi connectivity index (χ4v) is 2.33. The maximum Gasteiger partial charge on any atom is 0.132 e. The Morgan fingerprint density at radius 2 is 1.86 bits per heavy atom. The molecule has 0 heterocycles. The molecule has 1 saturated carbocycles. The molecule has 0 amide bonds. The van der Waals surface area contributed by atoms with Crippen molar-refractivity contribution in [2.24, 2.45) is 11.8 Å². The van der Waals surface area contributed by atoms with Crippen LogP contribution in [0.5, 0.6) is 0 Å². The van der Waals surface area contributed by atoms with Gasteiger partial charge in [-0.1, -0.05) is 19.1 Å². The van der Waals surface area contributed by atoms with Gasteiger partial charge >= 0.3 is 0 Å². The van der Waals surface area contributed by atoms with Gasteiger partial charge < -0.3 is 0 Å². The third kappa shape index (κ3) is 3.28. The van der Waals surface area contributed by atoms with Crippen molar-refractivity contribution in [2.75, 3.05) is 0 Å². The summed E-state index contributed by atoms with van der Waals surface area (Å²) in [5.41, 5.74) is 1.37. The third-order valence-electron chi connectivity index (χ3n) is 3.50. The molecular weight excluding hydrogens is 172 g/mol. The number of hydrogen-bond acceptors (Lipinski definition) is 1. The summed E-state index contributed by atoms with van der Waals surface area (Å²) in [7, 11) is 0. The Kier molecular flexibility index (Phi) is 4.37. The van der Waals surface area contributed by atoms with Gasteiger partial charge in [0.1, 0.15) is 5.78 Å². The lowest BCUT2D eigenvalue weighted by atomic mass is 9.78. The van der Waals surface area contributed by atoms with Crippen LogP contribution in [0.3, 0.4) is 0 Å². The maximum atomic E-state index is 11.2. The monoisotopic (exact) mass is 194 g/mol. The molecule has 0 unspecified atom stereocenters. The zero-order chi connectivity index (χ0) is 10.6. The summed E-state index contributed by atoms with van der Waals surface area (Å²) in [5.74, 6) is 1.55. The number of rotatable bonds is 4. The summed E-state index contributed by atoms with van der Waals surface area (Å²) in [4.78, 5) is 11.2. The van der Waals surface area contributed by atoms with E-state index in [1.165, 1.54) is 24.8 Å². The molecule has 0 aliphatic heterocycles. The van der Waals surface area contributed by atoms with E-state index in [-0.39, 0.29) is 0 Å². The fraction of sp³-hybridized carbons (Fsp3) is 0.769. The van der Waals surface area contributed by atoms with Crippen LogP contribution in [0.15, 0.2) is 12.2 Å². The molecule has 1 nitrogen and oxygen atoms in total. The molecule has 0 spiro atoms. The second kappa shape index (κ2) is 5.33. The minimum Gasteiger partial charge on any atom is -0.300 e. The number of carbonyl (C=O) groups is 1. The highest BCUT2D eigenvalue weighted by atomic mass is 16.1. The summed E-state index contributed by atoms with van der Waals surface area (Å²) in [6.45, 7) is 7.96. The first-order chi connectivity index (χ1) is 6.63. The molecular formula is C13H22O. The summed E-state index contributed by atoms with van der Waals surface area (Å²) < 4.78 is 0. The normalized spacial score (nSPS) is 27.3. The van der Waals surface area contributed by atoms with Crippen LogP contribution in [0, 0.1) is 11.8 Å². The van der Waals surface area contributed by atoms with Gasteiger partial charge in [-0.25, -0.2) is 0 Å². The molecule has 0 N–H and O–H groups in total. The van der Waals surface area contributed by atoms with Crippen LogP contribution in [0.1, 0.15) is 52.4 Å². The molecule has 1 heteroatoms. The fourth-order valence-electron chi connectivity index (χ4n) is 2.33. The molecule has 0 atom stereocenters. The van der Waals surface area contributed by atoms with E-state index in [0.717, 1.165) is 25.2 Å². The predicted molar refractivity (Wildman–Crippen MR) is 60.2 cm³/mol. The summed E-state index contributed by atoms with van der Waals surface area (Å²) in [6.07, 6.45) is 6.95. The van der Waals surface area contributed by atoms with Gasteiger partial charge in [-0.3, -0.25) is 4.79 Å². The summed E-state index contributed by atoms with van der Waals surface area (Å²) in [5, 5.41) is 0. The zero-order valence-electron chi connectivity index (χ0n) is 9.51. The molecule has 1 rings (SSSR count). The molecule has 1 fully saturated rings. The lowest BCUT2D eigenvalue weighted by molar-refractivity contribution is -0.121. The Bertz CT molecular complexity index is 209. The van der Waals surface area contributed by atoms with Crippen molar-refractivity contribution in [1.82, 2.24) is 0 Å². The van der Waals surface area contributed by atoms with Crippen LogP contribution < -0.4 is 0 Å². The lowest BCUT2D eigenvalue weighted by Gasteiger charge is -2.27. The number of ketones is 1. The minimum absolute atomic E-state index is 0.362. The van der Waals surface area contributed by atoms with Crippen molar-refractivity contribution in [2.45, 2.75) is 52.4 Å². The van der Waals surface area contributed by atoms with Gasteiger partial charge in [0.05, 0.1) is 0 Å². The van der Waals surface area contributed by atoms with Crippen LogP contribution in [-0.4, -0.2) is 5.78 Å². The first-order valence-electron chi connectivity index (χ1n) is 5.80. The Morgan fingerprint density at radius 3 is 2.29 bits per heavy atom. The van der Waals surface area contributed by atoms with Gasteiger partial charge in [-0.05, 0) is 51.4 Å². The molecule has 80 valence electrons. The Labute approximate surface area is 87.6 Å². The van der Waals surface area contributed by atoms with Crippen LogP contribution in [-0.2, 0) is 4.79 Å². The standard InChI is InChI=1S/C13H22O/c1-4-10(2)9-12-5-7-13(8-6-12)11(3)14/h12-13H,2,4-9H2,1,3H3. The van der Waals surface area contributed by atoms with E-state index in [9.17, 15) is 4.79 Å². The Morgan fingerprint density at radius 1 is 1.29 bits per heavy atom. The molecule has 0 saturated heterocycles. The molecule has 1 aliphatic rings. The van der Waals surface area contributed by atoms with E-state index in [2.05, 4.69) is 13.5 Å². The average molecular weight is 194 g/mol. The van der Waals surface area contributed by atoms with E-state index in [1.807, 2.05) is 0 Å². The molecule has 14 heavy (non-hydrogen) atoms. The average Bonchev–Trinajstić information content (AvgIpc) is 2.18. The summed E-state index contributed by atoms with van der Waals surface area (Å²) in [6, 6.07) is 0. The van der Waals surface area contributed by atoms with Gasteiger partial charge in [-0.2, -0.15) is 0 Å². The van der Waals surface area contributed by atoms with Crippen LogP contribution >= 0.6 is 0 Å². The first kappa shape index (κ1) is 11.5. The van der Waals surface area contributed by atoms with E-state index < -0.39 is 0 Å². The minimum atomic E-state index is 0.362. The highest BCUT2D eigenvalue weighted by molar-refractivity contribution is 5.78. The topological polar surface area (TPSA) is 17.1 Å². The number of carbonyl (C=O) groups excluding carboxylic acids is 1. The van der Waals surface area contributed by atoms with Crippen molar-refractivity contribution in [3.63, 3.8) is 0 Å². The van der Waals surface area contributed by atoms with Gasteiger partial charge in [0, 0.05) is 5.92 Å². The van der Waals surface area contributed by atoms with Gasteiger partial charge in [0.25, 0.3) is 0 Å². The molecule has 0 bridgehead atoms. The van der Waals surface area contributed by atoms with Crippen molar-refractivity contribution in [3.8, 4) is 0 Å². The lowest BCUT2D eigenvalue weighted by Crippen LogP contribution is -2.20. The van der Waals surface area contributed by atoms with E-state index >= 15 is 0 Å². The molecule has 0 aromatic carbocycles. The van der Waals surface area contributed by atoms with Gasteiger partial charge in [-0.15, -0.1) is 0 Å². The molecule has 0 radical (unpaired) electrons. The predicted octanol–water partition coefficient (Wildman–Crippen LogP) is 3.74. The SMILES string of the molecule is C=C(CC)CC1CCC(C(C)=O)CC1. The van der Waals surface area contributed by atoms with E-state index in [0.29, 0.717) is 11.7 Å². The van der Waals surface area contributed by atoms with Gasteiger partial charge in [0.2, 0.25) is 0 Å².